The molecule has 0 aliphatic heterocycles. The first-order valence-electron chi connectivity index (χ1n) is 4.58. The third kappa shape index (κ3) is 2.76. The van der Waals surface area contributed by atoms with Crippen molar-refractivity contribution in [2.45, 2.75) is 31.1 Å². The predicted octanol–water partition coefficient (Wildman–Crippen LogP) is 0.836. The van der Waals surface area contributed by atoms with Gasteiger partial charge in [0.15, 0.2) is 9.84 Å². The van der Waals surface area contributed by atoms with E-state index in [9.17, 15) is 8.42 Å². The largest absolute Gasteiger partial charge is 0.326 e. The molecule has 0 aliphatic rings. The molecule has 0 bridgehead atoms. The van der Waals surface area contributed by atoms with Crippen molar-refractivity contribution in [1.82, 2.24) is 4.98 Å². The van der Waals surface area contributed by atoms with Gasteiger partial charge in [-0.05, 0) is 13.8 Å². The third-order valence-electron chi connectivity index (χ3n) is 2.73. The van der Waals surface area contributed by atoms with Crippen molar-refractivity contribution in [2.24, 2.45) is 5.73 Å². The summed E-state index contributed by atoms with van der Waals surface area (Å²) in [5.41, 5.74) is 5.92. The first-order valence-corrected chi connectivity index (χ1v) is 7.36. The minimum atomic E-state index is -3.15. The highest BCUT2D eigenvalue weighted by atomic mass is 32.2. The van der Waals surface area contributed by atoms with Gasteiger partial charge in [0.2, 0.25) is 0 Å². The van der Waals surface area contributed by atoms with E-state index < -0.39 is 20.6 Å². The number of rotatable bonds is 4. The van der Waals surface area contributed by atoms with E-state index in [-0.39, 0.29) is 0 Å². The van der Waals surface area contributed by atoms with Crippen LogP contribution < -0.4 is 5.73 Å². The average Bonchev–Trinajstić information content (AvgIpc) is 2.54. The zero-order valence-electron chi connectivity index (χ0n) is 9.10. The van der Waals surface area contributed by atoms with Crippen LogP contribution in [0.25, 0.3) is 0 Å². The van der Waals surface area contributed by atoms with Crippen molar-refractivity contribution in [3.8, 4) is 0 Å². The van der Waals surface area contributed by atoms with Crippen LogP contribution in [0.15, 0.2) is 11.6 Å². The summed E-state index contributed by atoms with van der Waals surface area (Å²) in [4.78, 5) is 4.10. The van der Waals surface area contributed by atoms with Crippen molar-refractivity contribution in [1.29, 1.82) is 0 Å². The number of aromatic nitrogens is 1. The van der Waals surface area contributed by atoms with Gasteiger partial charge >= 0.3 is 0 Å². The van der Waals surface area contributed by atoms with E-state index in [4.69, 9.17) is 5.73 Å². The molecule has 1 unspecified atom stereocenters. The molecule has 0 aromatic carbocycles. The fourth-order valence-corrected chi connectivity index (χ4v) is 2.37. The Balaban J connectivity index is 2.81. The Morgan fingerprint density at radius 1 is 1.60 bits per heavy atom. The second-order valence-electron chi connectivity index (χ2n) is 4.11. The summed E-state index contributed by atoms with van der Waals surface area (Å²) < 4.78 is 22.1. The molecule has 4 nitrogen and oxygen atoms in total. The van der Waals surface area contributed by atoms with E-state index in [0.717, 1.165) is 5.01 Å². The minimum absolute atomic E-state index is 0.432. The number of sulfone groups is 1. The van der Waals surface area contributed by atoms with Crippen molar-refractivity contribution in [3.63, 3.8) is 0 Å². The van der Waals surface area contributed by atoms with Gasteiger partial charge in [0, 0.05) is 30.3 Å². The van der Waals surface area contributed by atoms with Gasteiger partial charge in [-0.25, -0.2) is 13.4 Å². The molecule has 1 atom stereocenters. The van der Waals surface area contributed by atoms with Crippen LogP contribution in [0.5, 0.6) is 0 Å². The molecule has 0 saturated carbocycles. The second-order valence-corrected chi connectivity index (χ2v) is 7.69. The van der Waals surface area contributed by atoms with Crippen LogP contribution in [0.3, 0.4) is 0 Å². The zero-order chi connectivity index (χ0) is 11.7. The van der Waals surface area contributed by atoms with Gasteiger partial charge in [-0.2, -0.15) is 0 Å². The number of hydrogen-bond donors (Lipinski definition) is 1. The smallest absolute Gasteiger partial charge is 0.154 e. The molecule has 0 saturated heterocycles. The summed E-state index contributed by atoms with van der Waals surface area (Å²) in [6, 6.07) is -0.432. The monoisotopic (exact) mass is 248 g/mol. The fourth-order valence-electron chi connectivity index (χ4n) is 1.06. The van der Waals surface area contributed by atoms with Gasteiger partial charge in [-0.1, -0.05) is 0 Å². The standard InChI is InChI=1S/C9H16N2O2S2/c1-9(2,15(3,12)13)7(10)6-8-11-4-5-14-8/h4-5,7H,6,10H2,1-3H3. The number of nitrogens with zero attached hydrogens (tertiary/aromatic N) is 1. The first kappa shape index (κ1) is 12.6. The highest BCUT2D eigenvalue weighted by Gasteiger charge is 2.37. The summed E-state index contributed by atoms with van der Waals surface area (Å²) in [5, 5.41) is 2.73. The molecule has 1 rings (SSSR count). The molecule has 1 aromatic heterocycles. The van der Waals surface area contributed by atoms with Gasteiger partial charge in [0.25, 0.3) is 0 Å². The van der Waals surface area contributed by atoms with Gasteiger partial charge in [0.05, 0.1) is 9.75 Å². The molecule has 86 valence electrons. The number of thiazole rings is 1. The van der Waals surface area contributed by atoms with Gasteiger partial charge in [0.1, 0.15) is 0 Å². The number of hydrogen-bond acceptors (Lipinski definition) is 5. The van der Waals surface area contributed by atoms with Crippen LogP contribution in [0.1, 0.15) is 18.9 Å². The van der Waals surface area contributed by atoms with Crippen LogP contribution in [0.2, 0.25) is 0 Å². The predicted molar refractivity (Wildman–Crippen MR) is 62.7 cm³/mol. The normalized spacial score (nSPS) is 15.2. The van der Waals surface area contributed by atoms with Crippen LogP contribution in [0.4, 0.5) is 0 Å². The Morgan fingerprint density at radius 2 is 2.20 bits per heavy atom. The molecule has 0 spiro atoms. The summed E-state index contributed by atoms with van der Waals surface area (Å²) in [5.74, 6) is 0. The van der Waals surface area contributed by atoms with Crippen molar-refractivity contribution in [3.05, 3.63) is 16.6 Å². The highest BCUT2D eigenvalue weighted by molar-refractivity contribution is 7.92. The molecular formula is C9H16N2O2S2. The van der Waals surface area contributed by atoms with E-state index in [2.05, 4.69) is 4.98 Å². The van der Waals surface area contributed by atoms with Crippen LogP contribution >= 0.6 is 11.3 Å². The third-order valence-corrected chi connectivity index (χ3v) is 5.74. The maximum atomic E-state index is 11.5. The van der Waals surface area contributed by atoms with Crippen LogP contribution in [-0.4, -0.2) is 30.4 Å². The lowest BCUT2D eigenvalue weighted by Gasteiger charge is -2.29. The molecule has 0 amide bonds. The van der Waals surface area contributed by atoms with Crippen LogP contribution in [-0.2, 0) is 16.3 Å². The van der Waals surface area contributed by atoms with E-state index >= 15 is 0 Å². The van der Waals surface area contributed by atoms with Gasteiger partial charge in [-0.15, -0.1) is 11.3 Å². The van der Waals surface area contributed by atoms with Crippen LogP contribution in [0, 0.1) is 0 Å². The molecule has 0 fully saturated rings. The van der Waals surface area contributed by atoms with Crippen molar-refractivity contribution in [2.75, 3.05) is 6.26 Å². The molecule has 0 aliphatic carbocycles. The number of nitrogens with two attached hydrogens (primary N) is 1. The molecule has 1 heterocycles. The SMILES string of the molecule is CC(C)(C(N)Cc1nccs1)S(C)(=O)=O. The maximum Gasteiger partial charge on any atom is 0.154 e. The first-order chi connectivity index (χ1) is 6.75. The second kappa shape index (κ2) is 4.19. The fraction of sp³-hybridized carbons (Fsp3) is 0.667. The van der Waals surface area contributed by atoms with Gasteiger partial charge < -0.3 is 5.73 Å². The molecule has 6 heteroatoms. The van der Waals surface area contributed by atoms with E-state index in [1.807, 2.05) is 5.38 Å². The van der Waals surface area contributed by atoms with E-state index in [1.165, 1.54) is 17.6 Å². The van der Waals surface area contributed by atoms with Crippen molar-refractivity contribution < 1.29 is 8.42 Å². The lowest BCUT2D eigenvalue weighted by atomic mass is 10.0. The molecular weight excluding hydrogens is 232 g/mol. The summed E-state index contributed by atoms with van der Waals surface area (Å²) in [7, 11) is -3.15. The average molecular weight is 248 g/mol. The van der Waals surface area contributed by atoms with E-state index in [1.54, 1.807) is 20.0 Å². The molecule has 0 radical (unpaired) electrons. The Kier molecular flexibility index (Phi) is 3.52. The Morgan fingerprint density at radius 3 is 2.60 bits per heavy atom. The Bertz CT molecular complexity index is 409. The Hall–Kier alpha value is -0.460. The molecule has 15 heavy (non-hydrogen) atoms. The molecule has 2 N–H and O–H groups in total. The topological polar surface area (TPSA) is 73.0 Å². The summed E-state index contributed by atoms with van der Waals surface area (Å²) >= 11 is 1.49. The summed E-state index contributed by atoms with van der Waals surface area (Å²) in [6.45, 7) is 3.31. The van der Waals surface area contributed by atoms with Gasteiger partial charge in [-0.3, -0.25) is 0 Å². The zero-order valence-corrected chi connectivity index (χ0v) is 10.7. The summed E-state index contributed by atoms with van der Waals surface area (Å²) in [6.07, 6.45) is 3.41. The lowest BCUT2D eigenvalue weighted by molar-refractivity contribution is 0.481. The van der Waals surface area contributed by atoms with Crippen molar-refractivity contribution >= 4 is 21.2 Å². The minimum Gasteiger partial charge on any atom is -0.326 e. The molecule has 1 aromatic rings. The Labute approximate surface area is 94.4 Å². The quantitative estimate of drug-likeness (QED) is 0.857. The lowest BCUT2D eigenvalue weighted by Crippen LogP contribution is -2.49. The highest BCUT2D eigenvalue weighted by Crippen LogP contribution is 2.22. The maximum absolute atomic E-state index is 11.5. The van der Waals surface area contributed by atoms with E-state index in [0.29, 0.717) is 6.42 Å².